The maximum atomic E-state index is 12.7. The van der Waals surface area contributed by atoms with E-state index in [1.807, 2.05) is 29.8 Å². The second-order valence-corrected chi connectivity index (χ2v) is 8.30. The monoisotopic (exact) mass is 418 g/mol. The van der Waals surface area contributed by atoms with Crippen molar-refractivity contribution < 1.29 is 4.79 Å². The number of nitrogens with one attached hydrogen (secondary N) is 2. The molecule has 2 aromatic heterocycles. The Bertz CT molecular complexity index is 1230. The standard InChI is InChI=1S/C23H26N6O2/c1-14-12-16(8-9-17(14)23(31)28(2)3)26-21-20-19(10-11-25-22(20)30)29(27-21)18-7-5-4-6-15(18)13-24/h8-12,15,18H,4-7H2,1-3H3,(H,25,30)(H,26,27). The molecule has 1 aliphatic carbocycles. The van der Waals surface area contributed by atoms with Gasteiger partial charge in [-0.25, -0.2) is 0 Å². The Morgan fingerprint density at radius 2 is 2.06 bits per heavy atom. The number of nitriles is 1. The van der Waals surface area contributed by atoms with E-state index in [1.165, 1.54) is 0 Å². The number of carbonyl (C=O) groups excluding carboxylic acids is 1. The highest BCUT2D eigenvalue weighted by Gasteiger charge is 2.29. The molecule has 1 amide bonds. The van der Waals surface area contributed by atoms with Gasteiger partial charge in [0.1, 0.15) is 5.39 Å². The maximum absolute atomic E-state index is 12.7. The average molecular weight is 419 g/mol. The number of aryl methyl sites for hydroxylation is 1. The van der Waals surface area contributed by atoms with Crippen LogP contribution in [0.3, 0.4) is 0 Å². The highest BCUT2D eigenvalue weighted by molar-refractivity contribution is 5.96. The van der Waals surface area contributed by atoms with E-state index in [0.29, 0.717) is 16.8 Å². The Morgan fingerprint density at radius 3 is 2.77 bits per heavy atom. The molecular weight excluding hydrogens is 392 g/mol. The van der Waals surface area contributed by atoms with Crippen LogP contribution in [-0.4, -0.2) is 39.7 Å². The van der Waals surface area contributed by atoms with Gasteiger partial charge in [-0.15, -0.1) is 0 Å². The molecule has 1 fully saturated rings. The summed E-state index contributed by atoms with van der Waals surface area (Å²) in [6.45, 7) is 1.88. The van der Waals surface area contributed by atoms with Gasteiger partial charge in [-0.1, -0.05) is 12.8 Å². The predicted octanol–water partition coefficient (Wildman–Crippen LogP) is 3.73. The lowest BCUT2D eigenvalue weighted by molar-refractivity contribution is 0.0827. The molecule has 4 rings (SSSR count). The van der Waals surface area contributed by atoms with Crippen molar-refractivity contribution in [3.05, 3.63) is 51.9 Å². The van der Waals surface area contributed by atoms with Crippen LogP contribution in [0.2, 0.25) is 0 Å². The lowest BCUT2D eigenvalue weighted by Gasteiger charge is -2.27. The Balaban J connectivity index is 1.75. The topological polar surface area (TPSA) is 107 Å². The number of amides is 1. The SMILES string of the molecule is Cc1cc(Nc2nn(C3CCCCC3C#N)c3cc[nH]c(=O)c23)ccc1C(=O)N(C)C. The molecule has 8 nitrogen and oxygen atoms in total. The van der Waals surface area contributed by atoms with Gasteiger partial charge in [0.2, 0.25) is 0 Å². The summed E-state index contributed by atoms with van der Waals surface area (Å²) >= 11 is 0. The second kappa shape index (κ2) is 8.26. The molecule has 0 saturated heterocycles. The van der Waals surface area contributed by atoms with Crippen molar-refractivity contribution in [3.8, 4) is 6.07 Å². The first-order valence-electron chi connectivity index (χ1n) is 10.5. The third kappa shape index (κ3) is 3.79. The van der Waals surface area contributed by atoms with Crippen molar-refractivity contribution >= 4 is 28.3 Å². The Morgan fingerprint density at radius 1 is 1.29 bits per heavy atom. The van der Waals surface area contributed by atoms with Crippen LogP contribution >= 0.6 is 0 Å². The van der Waals surface area contributed by atoms with Crippen LogP contribution in [0.4, 0.5) is 11.5 Å². The van der Waals surface area contributed by atoms with Crippen molar-refractivity contribution in [1.82, 2.24) is 19.7 Å². The smallest absolute Gasteiger partial charge is 0.261 e. The van der Waals surface area contributed by atoms with E-state index in [-0.39, 0.29) is 23.4 Å². The summed E-state index contributed by atoms with van der Waals surface area (Å²) in [5.41, 5.74) is 2.69. The van der Waals surface area contributed by atoms with Crippen LogP contribution in [0, 0.1) is 24.2 Å². The van der Waals surface area contributed by atoms with Crippen LogP contribution in [0.25, 0.3) is 10.9 Å². The van der Waals surface area contributed by atoms with E-state index >= 15 is 0 Å². The minimum Gasteiger partial charge on any atom is -0.345 e. The van der Waals surface area contributed by atoms with Crippen LogP contribution in [0.5, 0.6) is 0 Å². The molecule has 0 spiro atoms. The van der Waals surface area contributed by atoms with Crippen molar-refractivity contribution in [2.75, 3.05) is 19.4 Å². The normalized spacial score (nSPS) is 18.5. The van der Waals surface area contributed by atoms with Gasteiger partial charge in [0, 0.05) is 31.5 Å². The van der Waals surface area contributed by atoms with Gasteiger partial charge < -0.3 is 15.2 Å². The first-order valence-corrected chi connectivity index (χ1v) is 10.5. The number of fused-ring (bicyclic) bond motifs is 1. The Kier molecular flexibility index (Phi) is 5.51. The molecule has 31 heavy (non-hydrogen) atoms. The lowest BCUT2D eigenvalue weighted by Crippen LogP contribution is -2.23. The van der Waals surface area contributed by atoms with Crippen molar-refractivity contribution in [1.29, 1.82) is 5.26 Å². The number of H-pyrrole nitrogens is 1. The zero-order valence-electron chi connectivity index (χ0n) is 18.0. The maximum Gasteiger partial charge on any atom is 0.261 e. The molecule has 160 valence electrons. The summed E-state index contributed by atoms with van der Waals surface area (Å²) in [6, 6.07) is 9.66. The van der Waals surface area contributed by atoms with Crippen LogP contribution < -0.4 is 10.9 Å². The first kappa shape index (κ1) is 20.7. The number of hydrogen-bond acceptors (Lipinski definition) is 5. The summed E-state index contributed by atoms with van der Waals surface area (Å²) < 4.78 is 1.84. The predicted molar refractivity (Wildman–Crippen MR) is 119 cm³/mol. The number of pyridine rings is 1. The Labute approximate surface area is 180 Å². The number of carbonyl (C=O) groups is 1. The van der Waals surface area contributed by atoms with E-state index in [0.717, 1.165) is 42.5 Å². The van der Waals surface area contributed by atoms with Gasteiger partial charge in [-0.3, -0.25) is 14.3 Å². The fourth-order valence-corrected chi connectivity index (χ4v) is 4.35. The molecule has 1 saturated carbocycles. The number of aromatic amines is 1. The summed E-state index contributed by atoms with van der Waals surface area (Å²) in [6.07, 6.45) is 5.40. The summed E-state index contributed by atoms with van der Waals surface area (Å²) in [5.74, 6) is 0.267. The van der Waals surface area contributed by atoms with Crippen LogP contribution in [0.1, 0.15) is 47.6 Å². The minimum absolute atomic E-state index is 0.0552. The van der Waals surface area contributed by atoms with Crippen molar-refractivity contribution in [2.24, 2.45) is 5.92 Å². The first-order chi connectivity index (χ1) is 14.9. The molecule has 0 aliphatic heterocycles. The summed E-state index contributed by atoms with van der Waals surface area (Å²) in [4.78, 5) is 29.2. The van der Waals surface area contributed by atoms with Gasteiger partial charge in [-0.2, -0.15) is 10.4 Å². The van der Waals surface area contributed by atoms with Crippen molar-refractivity contribution in [2.45, 2.75) is 38.6 Å². The zero-order chi connectivity index (χ0) is 22.1. The van der Waals surface area contributed by atoms with Crippen LogP contribution in [0.15, 0.2) is 35.3 Å². The molecule has 2 heterocycles. The van der Waals surface area contributed by atoms with E-state index in [9.17, 15) is 14.9 Å². The number of benzene rings is 1. The van der Waals surface area contributed by atoms with E-state index in [1.54, 1.807) is 31.3 Å². The summed E-state index contributed by atoms with van der Waals surface area (Å²) in [5, 5.41) is 18.1. The largest absolute Gasteiger partial charge is 0.345 e. The van der Waals surface area contributed by atoms with Gasteiger partial charge in [0.25, 0.3) is 11.5 Å². The molecular formula is C23H26N6O2. The molecule has 1 aliphatic rings. The van der Waals surface area contributed by atoms with Crippen LogP contribution in [-0.2, 0) is 0 Å². The van der Waals surface area contributed by atoms with Gasteiger partial charge in [0.05, 0.1) is 23.5 Å². The third-order valence-corrected chi connectivity index (χ3v) is 5.97. The number of nitrogens with zero attached hydrogens (tertiary/aromatic N) is 4. The van der Waals surface area contributed by atoms with Gasteiger partial charge in [0.15, 0.2) is 5.82 Å². The number of anilines is 2. The van der Waals surface area contributed by atoms with Gasteiger partial charge in [-0.05, 0) is 49.6 Å². The van der Waals surface area contributed by atoms with E-state index < -0.39 is 0 Å². The molecule has 3 aromatic rings. The second-order valence-electron chi connectivity index (χ2n) is 8.30. The average Bonchev–Trinajstić information content (AvgIpc) is 3.12. The quantitative estimate of drug-likeness (QED) is 0.671. The van der Waals surface area contributed by atoms with Gasteiger partial charge >= 0.3 is 0 Å². The molecule has 8 heteroatoms. The molecule has 0 bridgehead atoms. The minimum atomic E-state index is -0.230. The fourth-order valence-electron chi connectivity index (χ4n) is 4.35. The number of aromatic nitrogens is 3. The van der Waals surface area contributed by atoms with Crippen molar-refractivity contribution in [3.63, 3.8) is 0 Å². The zero-order valence-corrected chi connectivity index (χ0v) is 18.0. The summed E-state index contributed by atoms with van der Waals surface area (Å²) in [7, 11) is 3.44. The molecule has 1 aromatic carbocycles. The van der Waals surface area contributed by atoms with E-state index in [2.05, 4.69) is 16.4 Å². The number of rotatable bonds is 4. The lowest BCUT2D eigenvalue weighted by atomic mass is 9.85. The number of hydrogen-bond donors (Lipinski definition) is 2. The molecule has 2 N–H and O–H groups in total. The fraction of sp³-hybridized carbons (Fsp3) is 0.391. The molecule has 2 unspecified atom stereocenters. The highest BCUT2D eigenvalue weighted by atomic mass is 16.2. The molecule has 0 radical (unpaired) electrons. The highest BCUT2D eigenvalue weighted by Crippen LogP contribution is 2.36. The Hall–Kier alpha value is -3.60. The van der Waals surface area contributed by atoms with E-state index in [4.69, 9.17) is 5.10 Å². The molecule has 2 atom stereocenters. The third-order valence-electron chi connectivity index (χ3n) is 5.97.